The molecule has 0 radical (unpaired) electrons. The molecule has 0 atom stereocenters. The number of nitrogens with zero attached hydrogens (tertiary/aromatic N) is 3. The molecule has 0 aromatic heterocycles. The highest BCUT2D eigenvalue weighted by molar-refractivity contribution is 5.98. The van der Waals surface area contributed by atoms with E-state index in [9.17, 15) is 10.1 Å². The Hall–Kier alpha value is -2.19. The van der Waals surface area contributed by atoms with E-state index in [-0.39, 0.29) is 17.2 Å². The highest BCUT2D eigenvalue weighted by Gasteiger charge is 2.13. The molecule has 1 aliphatic rings. The van der Waals surface area contributed by atoms with Crippen molar-refractivity contribution in [3.63, 3.8) is 0 Å². The molecule has 0 bridgehead atoms. The number of rotatable bonds is 5. The lowest BCUT2D eigenvalue weighted by Crippen LogP contribution is -2.38. The van der Waals surface area contributed by atoms with Gasteiger partial charge in [0.1, 0.15) is 11.5 Å². The van der Waals surface area contributed by atoms with Gasteiger partial charge in [-0.2, -0.15) is 0 Å². The molecule has 0 amide bonds. The van der Waals surface area contributed by atoms with Crippen LogP contribution in [0.25, 0.3) is 0 Å². The van der Waals surface area contributed by atoms with Crippen LogP contribution in [0.2, 0.25) is 0 Å². The number of nitrogens with two attached hydrogens (primary N) is 2. The molecular weight excluding hydrogens is 274 g/mol. The van der Waals surface area contributed by atoms with Crippen LogP contribution < -0.4 is 11.5 Å². The van der Waals surface area contributed by atoms with Crippen molar-refractivity contribution in [2.45, 2.75) is 0 Å². The van der Waals surface area contributed by atoms with Crippen molar-refractivity contribution in [2.75, 3.05) is 45.1 Å². The zero-order chi connectivity index (χ0) is 15.2. The third-order valence-corrected chi connectivity index (χ3v) is 3.32. The molecule has 1 heterocycles. The van der Waals surface area contributed by atoms with E-state index < -0.39 is 4.92 Å². The summed E-state index contributed by atoms with van der Waals surface area (Å²) >= 11 is 0. The van der Waals surface area contributed by atoms with Crippen LogP contribution in [0, 0.1) is 10.1 Å². The SMILES string of the molecule is NC(=NCCN1CCOCC1)c1ccc(N)c([N+](=O)[O-])c1. The summed E-state index contributed by atoms with van der Waals surface area (Å²) in [6.07, 6.45) is 0. The molecule has 4 N–H and O–H groups in total. The van der Waals surface area contributed by atoms with Crippen LogP contribution in [0.1, 0.15) is 5.56 Å². The van der Waals surface area contributed by atoms with Crippen molar-refractivity contribution in [1.29, 1.82) is 0 Å². The Morgan fingerprint density at radius 2 is 2.14 bits per heavy atom. The fraction of sp³-hybridized carbons (Fsp3) is 0.462. The van der Waals surface area contributed by atoms with Crippen molar-refractivity contribution in [3.05, 3.63) is 33.9 Å². The number of anilines is 1. The van der Waals surface area contributed by atoms with Gasteiger partial charge in [0.2, 0.25) is 0 Å². The number of amidine groups is 1. The second kappa shape index (κ2) is 7.00. The maximum Gasteiger partial charge on any atom is 0.292 e. The molecule has 0 spiro atoms. The molecule has 1 saturated heterocycles. The van der Waals surface area contributed by atoms with Crippen molar-refractivity contribution >= 4 is 17.2 Å². The molecule has 1 aliphatic heterocycles. The topological polar surface area (TPSA) is 120 Å². The van der Waals surface area contributed by atoms with Crippen molar-refractivity contribution in [3.8, 4) is 0 Å². The first kappa shape index (κ1) is 15.2. The van der Waals surface area contributed by atoms with Gasteiger partial charge in [-0.1, -0.05) is 0 Å². The number of morpholine rings is 1. The summed E-state index contributed by atoms with van der Waals surface area (Å²) in [7, 11) is 0. The number of hydrogen-bond donors (Lipinski definition) is 2. The first-order valence-corrected chi connectivity index (χ1v) is 6.72. The number of aliphatic imine (C=N–C) groups is 1. The number of ether oxygens (including phenoxy) is 1. The van der Waals surface area contributed by atoms with E-state index >= 15 is 0 Å². The van der Waals surface area contributed by atoms with Gasteiger partial charge in [0.25, 0.3) is 5.69 Å². The van der Waals surface area contributed by atoms with Gasteiger partial charge in [-0.3, -0.25) is 20.0 Å². The lowest BCUT2D eigenvalue weighted by Gasteiger charge is -2.25. The van der Waals surface area contributed by atoms with Crippen molar-refractivity contribution < 1.29 is 9.66 Å². The normalized spacial score (nSPS) is 16.9. The summed E-state index contributed by atoms with van der Waals surface area (Å²) < 4.78 is 5.27. The maximum absolute atomic E-state index is 10.8. The predicted octanol–water partition coefficient (Wildman–Crippen LogP) is 0.215. The predicted molar refractivity (Wildman–Crippen MR) is 80.4 cm³/mol. The molecule has 0 unspecified atom stereocenters. The largest absolute Gasteiger partial charge is 0.393 e. The first-order valence-electron chi connectivity index (χ1n) is 6.72. The lowest BCUT2D eigenvalue weighted by molar-refractivity contribution is -0.383. The highest BCUT2D eigenvalue weighted by Crippen LogP contribution is 2.22. The summed E-state index contributed by atoms with van der Waals surface area (Å²) in [6, 6.07) is 4.45. The summed E-state index contributed by atoms with van der Waals surface area (Å²) in [5.74, 6) is 0.284. The Bertz CT molecular complexity index is 541. The smallest absolute Gasteiger partial charge is 0.292 e. The molecule has 2 rings (SSSR count). The summed E-state index contributed by atoms with van der Waals surface area (Å²) in [5, 5.41) is 10.8. The number of nitro benzene ring substituents is 1. The van der Waals surface area contributed by atoms with Crippen LogP contribution >= 0.6 is 0 Å². The minimum atomic E-state index is -0.528. The van der Waals surface area contributed by atoms with E-state index in [1.165, 1.54) is 12.1 Å². The Kier molecular flexibility index (Phi) is 5.07. The Balaban J connectivity index is 1.98. The minimum absolute atomic E-state index is 0.116. The Morgan fingerprint density at radius 1 is 1.43 bits per heavy atom. The summed E-state index contributed by atoms with van der Waals surface area (Å²) in [6.45, 7) is 4.60. The van der Waals surface area contributed by atoms with E-state index in [0.717, 1.165) is 32.8 Å². The molecule has 8 heteroatoms. The van der Waals surface area contributed by atoms with Gasteiger partial charge >= 0.3 is 0 Å². The standard InChI is InChI=1S/C13H19N5O3/c14-11-2-1-10(9-12(11)18(19)20)13(15)16-3-4-17-5-7-21-8-6-17/h1-2,9H,3-8,14H2,(H2,15,16). The van der Waals surface area contributed by atoms with Crippen LogP contribution in [-0.4, -0.2) is 55.1 Å². The van der Waals surface area contributed by atoms with Gasteiger partial charge in [-0.05, 0) is 12.1 Å². The third kappa shape index (κ3) is 4.14. The second-order valence-electron chi connectivity index (χ2n) is 4.75. The first-order chi connectivity index (χ1) is 10.1. The van der Waals surface area contributed by atoms with E-state index in [4.69, 9.17) is 16.2 Å². The summed E-state index contributed by atoms with van der Waals surface area (Å²) in [4.78, 5) is 16.8. The van der Waals surface area contributed by atoms with Crippen LogP contribution in [0.5, 0.6) is 0 Å². The zero-order valence-electron chi connectivity index (χ0n) is 11.7. The van der Waals surface area contributed by atoms with Crippen LogP contribution in [0.15, 0.2) is 23.2 Å². The van der Waals surface area contributed by atoms with Crippen LogP contribution in [0.3, 0.4) is 0 Å². The van der Waals surface area contributed by atoms with Gasteiger partial charge in [-0.25, -0.2) is 0 Å². The van der Waals surface area contributed by atoms with Crippen LogP contribution in [-0.2, 0) is 4.74 Å². The Morgan fingerprint density at radius 3 is 2.81 bits per heavy atom. The molecule has 8 nitrogen and oxygen atoms in total. The molecule has 1 aromatic carbocycles. The van der Waals surface area contributed by atoms with Gasteiger partial charge in [0.05, 0.1) is 24.7 Å². The fourth-order valence-electron chi connectivity index (χ4n) is 2.09. The molecule has 1 fully saturated rings. The number of nitrogen functional groups attached to an aromatic ring is 1. The number of benzene rings is 1. The van der Waals surface area contributed by atoms with E-state index in [1.807, 2.05) is 0 Å². The molecular formula is C13H19N5O3. The van der Waals surface area contributed by atoms with Crippen molar-refractivity contribution in [1.82, 2.24) is 4.90 Å². The monoisotopic (exact) mass is 293 g/mol. The Labute approximate surface area is 122 Å². The highest BCUT2D eigenvalue weighted by atomic mass is 16.6. The third-order valence-electron chi connectivity index (χ3n) is 3.32. The summed E-state index contributed by atoms with van der Waals surface area (Å²) in [5.41, 5.74) is 11.9. The van der Waals surface area contributed by atoms with Crippen molar-refractivity contribution in [2.24, 2.45) is 10.7 Å². The average molecular weight is 293 g/mol. The molecule has 1 aromatic rings. The van der Waals surface area contributed by atoms with Gasteiger partial charge in [0, 0.05) is 31.3 Å². The number of hydrogen-bond acceptors (Lipinski definition) is 6. The maximum atomic E-state index is 10.8. The molecule has 114 valence electrons. The quantitative estimate of drug-likeness (QED) is 0.263. The molecule has 0 aliphatic carbocycles. The van der Waals surface area contributed by atoms with Gasteiger partial charge < -0.3 is 16.2 Å². The molecule has 0 saturated carbocycles. The molecule has 21 heavy (non-hydrogen) atoms. The van der Waals surface area contributed by atoms with E-state index in [0.29, 0.717) is 12.1 Å². The van der Waals surface area contributed by atoms with E-state index in [2.05, 4.69) is 9.89 Å². The van der Waals surface area contributed by atoms with E-state index in [1.54, 1.807) is 6.07 Å². The number of nitro groups is 1. The minimum Gasteiger partial charge on any atom is -0.393 e. The van der Waals surface area contributed by atoms with Gasteiger partial charge in [0.15, 0.2) is 0 Å². The lowest BCUT2D eigenvalue weighted by atomic mass is 10.1. The fourth-order valence-corrected chi connectivity index (χ4v) is 2.09. The van der Waals surface area contributed by atoms with Crippen LogP contribution in [0.4, 0.5) is 11.4 Å². The zero-order valence-corrected chi connectivity index (χ0v) is 11.7. The van der Waals surface area contributed by atoms with Gasteiger partial charge in [-0.15, -0.1) is 0 Å². The second-order valence-corrected chi connectivity index (χ2v) is 4.75. The average Bonchev–Trinajstić information content (AvgIpc) is 2.48.